The van der Waals surface area contributed by atoms with E-state index in [4.69, 9.17) is 4.42 Å². The van der Waals surface area contributed by atoms with Gasteiger partial charge in [-0.25, -0.2) is 9.79 Å². The van der Waals surface area contributed by atoms with Crippen molar-refractivity contribution >= 4 is 40.2 Å². The molecule has 140 valence electrons. The number of aromatic carboxylic acids is 1. The fraction of sp³-hybridized carbons (Fsp3) is 0.300. The fourth-order valence-electron chi connectivity index (χ4n) is 2.84. The van der Waals surface area contributed by atoms with Gasteiger partial charge < -0.3 is 14.4 Å². The molecule has 7 nitrogen and oxygen atoms in total. The molecule has 0 aliphatic rings. The van der Waals surface area contributed by atoms with Crippen LogP contribution in [0.1, 0.15) is 29.8 Å². The molecule has 0 bridgehead atoms. The molecular formula is C20H21N3O4. The standard InChI is InChI=1S/C20H21N3O4/c1-11(2)7-12-5-6-16-13(8-12)17(24)14-9-15(20(25)26)18(21-10-23(3)4)22-19(14)27-16/h5-6,8-11H,7H2,1-4H3,(H,25,26). The number of benzene rings is 1. The van der Waals surface area contributed by atoms with E-state index >= 15 is 0 Å². The molecule has 2 heterocycles. The topological polar surface area (TPSA) is 96.0 Å². The first-order chi connectivity index (χ1) is 12.8. The van der Waals surface area contributed by atoms with Gasteiger partial charge in [0.15, 0.2) is 5.82 Å². The van der Waals surface area contributed by atoms with Gasteiger partial charge in [0.1, 0.15) is 11.1 Å². The lowest BCUT2D eigenvalue weighted by molar-refractivity contribution is 0.0697. The molecule has 0 unspecified atom stereocenters. The predicted molar refractivity (Wildman–Crippen MR) is 105 cm³/mol. The van der Waals surface area contributed by atoms with Gasteiger partial charge in [-0.15, -0.1) is 0 Å². The summed E-state index contributed by atoms with van der Waals surface area (Å²) in [5.74, 6) is -0.765. The first-order valence-corrected chi connectivity index (χ1v) is 8.60. The van der Waals surface area contributed by atoms with E-state index in [1.165, 1.54) is 12.4 Å². The average Bonchev–Trinajstić information content (AvgIpc) is 2.59. The van der Waals surface area contributed by atoms with Crippen molar-refractivity contribution in [2.24, 2.45) is 10.9 Å². The molecule has 0 atom stereocenters. The number of carbonyl (C=O) groups is 1. The molecule has 3 rings (SSSR count). The summed E-state index contributed by atoms with van der Waals surface area (Å²) < 4.78 is 5.78. The zero-order valence-corrected chi connectivity index (χ0v) is 15.7. The van der Waals surface area contributed by atoms with E-state index in [1.807, 2.05) is 6.07 Å². The monoisotopic (exact) mass is 367 g/mol. The number of hydrogen-bond acceptors (Lipinski definition) is 5. The SMILES string of the molecule is CC(C)Cc1ccc2oc3nc(N=CN(C)C)c(C(=O)O)cc3c(=O)c2c1. The van der Waals surface area contributed by atoms with Crippen LogP contribution >= 0.6 is 0 Å². The fourth-order valence-corrected chi connectivity index (χ4v) is 2.84. The number of pyridine rings is 1. The van der Waals surface area contributed by atoms with Crippen LogP contribution in [0.25, 0.3) is 22.1 Å². The van der Waals surface area contributed by atoms with Crippen LogP contribution in [0.5, 0.6) is 0 Å². The van der Waals surface area contributed by atoms with Crippen molar-refractivity contribution in [2.45, 2.75) is 20.3 Å². The largest absolute Gasteiger partial charge is 0.478 e. The maximum atomic E-state index is 12.9. The third-order valence-corrected chi connectivity index (χ3v) is 3.99. The molecule has 7 heteroatoms. The van der Waals surface area contributed by atoms with Gasteiger partial charge in [-0.1, -0.05) is 19.9 Å². The van der Waals surface area contributed by atoms with Gasteiger partial charge in [0.05, 0.1) is 17.1 Å². The van der Waals surface area contributed by atoms with Crippen molar-refractivity contribution in [1.29, 1.82) is 0 Å². The molecule has 27 heavy (non-hydrogen) atoms. The Balaban J connectivity index is 2.27. The molecule has 2 aromatic heterocycles. The van der Waals surface area contributed by atoms with E-state index in [-0.39, 0.29) is 27.9 Å². The summed E-state index contributed by atoms with van der Waals surface area (Å²) in [4.78, 5) is 34.5. The van der Waals surface area contributed by atoms with E-state index in [1.54, 1.807) is 31.1 Å². The number of nitrogens with zero attached hydrogens (tertiary/aromatic N) is 3. The van der Waals surface area contributed by atoms with Gasteiger partial charge in [0.25, 0.3) is 0 Å². The zero-order valence-electron chi connectivity index (χ0n) is 15.7. The minimum Gasteiger partial charge on any atom is -0.478 e. The summed E-state index contributed by atoms with van der Waals surface area (Å²) in [6.45, 7) is 4.21. The Morgan fingerprint density at radius 3 is 2.67 bits per heavy atom. The van der Waals surface area contributed by atoms with E-state index < -0.39 is 5.97 Å². The summed E-state index contributed by atoms with van der Waals surface area (Å²) in [5, 5.41) is 10.0. The lowest BCUT2D eigenvalue weighted by atomic mass is 10.0. The maximum Gasteiger partial charge on any atom is 0.339 e. The van der Waals surface area contributed by atoms with E-state index in [0.29, 0.717) is 16.9 Å². The Labute approximate surface area is 156 Å². The molecule has 3 aromatic rings. The number of aliphatic imine (C=N–C) groups is 1. The number of hydrogen-bond donors (Lipinski definition) is 1. The van der Waals surface area contributed by atoms with E-state index in [0.717, 1.165) is 12.0 Å². The highest BCUT2D eigenvalue weighted by Gasteiger charge is 2.17. The Kier molecular flexibility index (Phi) is 4.94. The molecule has 0 amide bonds. The van der Waals surface area contributed by atoms with Crippen molar-refractivity contribution in [1.82, 2.24) is 9.88 Å². The number of carboxylic acids is 1. The van der Waals surface area contributed by atoms with E-state index in [9.17, 15) is 14.7 Å². The summed E-state index contributed by atoms with van der Waals surface area (Å²) in [7, 11) is 3.51. The third kappa shape index (κ3) is 3.81. The molecule has 0 radical (unpaired) electrons. The molecule has 0 aliphatic carbocycles. The molecule has 0 aliphatic heterocycles. The van der Waals surface area contributed by atoms with Crippen molar-refractivity contribution in [3.8, 4) is 0 Å². The van der Waals surface area contributed by atoms with Crippen LogP contribution < -0.4 is 5.43 Å². The first-order valence-electron chi connectivity index (χ1n) is 8.60. The highest BCUT2D eigenvalue weighted by molar-refractivity contribution is 5.98. The van der Waals surface area contributed by atoms with Gasteiger partial charge >= 0.3 is 5.97 Å². The van der Waals surface area contributed by atoms with Gasteiger partial charge in [-0.3, -0.25) is 4.79 Å². The summed E-state index contributed by atoms with van der Waals surface area (Å²) in [6.07, 6.45) is 2.28. The minimum atomic E-state index is -1.21. The van der Waals surface area contributed by atoms with Gasteiger partial charge in [-0.05, 0) is 36.1 Å². The van der Waals surface area contributed by atoms with Gasteiger partial charge in [0.2, 0.25) is 11.1 Å². The Hall–Kier alpha value is -3.22. The molecular weight excluding hydrogens is 346 g/mol. The number of fused-ring (bicyclic) bond motifs is 2. The minimum absolute atomic E-state index is 0.0115. The second kappa shape index (κ2) is 7.19. The van der Waals surface area contributed by atoms with E-state index in [2.05, 4.69) is 23.8 Å². The zero-order chi connectivity index (χ0) is 19.7. The second-order valence-corrected chi connectivity index (χ2v) is 7.09. The lowest BCUT2D eigenvalue weighted by Crippen LogP contribution is -2.09. The van der Waals surface area contributed by atoms with Crippen LogP contribution in [0.15, 0.2) is 38.5 Å². The van der Waals surface area contributed by atoms with Crippen LogP contribution in [0.2, 0.25) is 0 Å². The van der Waals surface area contributed by atoms with Crippen molar-refractivity contribution in [2.75, 3.05) is 14.1 Å². The summed E-state index contributed by atoms with van der Waals surface area (Å²) in [5.41, 5.74) is 1.07. The van der Waals surface area contributed by atoms with Crippen LogP contribution in [0.4, 0.5) is 5.82 Å². The highest BCUT2D eigenvalue weighted by atomic mass is 16.4. The molecule has 1 aromatic carbocycles. The highest BCUT2D eigenvalue weighted by Crippen LogP contribution is 2.25. The second-order valence-electron chi connectivity index (χ2n) is 7.09. The van der Waals surface area contributed by atoms with Crippen molar-refractivity contribution in [3.63, 3.8) is 0 Å². The van der Waals surface area contributed by atoms with Crippen LogP contribution in [-0.4, -0.2) is 41.4 Å². The molecule has 1 N–H and O–H groups in total. The number of rotatable bonds is 5. The first kappa shape index (κ1) is 18.6. The smallest absolute Gasteiger partial charge is 0.339 e. The third-order valence-electron chi connectivity index (χ3n) is 3.99. The van der Waals surface area contributed by atoms with Crippen LogP contribution in [0.3, 0.4) is 0 Å². The molecule has 0 saturated carbocycles. The quantitative estimate of drug-likeness (QED) is 0.421. The Morgan fingerprint density at radius 2 is 2.04 bits per heavy atom. The normalized spacial score (nSPS) is 11.7. The summed E-state index contributed by atoms with van der Waals surface area (Å²) >= 11 is 0. The van der Waals surface area contributed by atoms with Gasteiger partial charge in [0, 0.05) is 14.1 Å². The maximum absolute atomic E-state index is 12.9. The van der Waals surface area contributed by atoms with Crippen molar-refractivity contribution < 1.29 is 14.3 Å². The Bertz CT molecular complexity index is 1110. The predicted octanol–water partition coefficient (Wildman–Crippen LogP) is 3.46. The van der Waals surface area contributed by atoms with Crippen molar-refractivity contribution in [3.05, 3.63) is 45.6 Å². The number of aromatic nitrogens is 1. The van der Waals surface area contributed by atoms with Crippen LogP contribution in [-0.2, 0) is 6.42 Å². The molecule has 0 saturated heterocycles. The van der Waals surface area contributed by atoms with Gasteiger partial charge in [-0.2, -0.15) is 4.98 Å². The van der Waals surface area contributed by atoms with Crippen LogP contribution in [0, 0.1) is 5.92 Å². The lowest BCUT2D eigenvalue weighted by Gasteiger charge is -2.08. The molecule has 0 spiro atoms. The molecule has 0 fully saturated rings. The summed E-state index contributed by atoms with van der Waals surface area (Å²) in [6, 6.07) is 6.77. The average molecular weight is 367 g/mol. The Morgan fingerprint density at radius 1 is 1.30 bits per heavy atom. The number of carboxylic acid groups (broad SMARTS) is 1.